The summed E-state index contributed by atoms with van der Waals surface area (Å²) in [5, 5.41) is 17.0. The van der Waals surface area contributed by atoms with E-state index in [9.17, 15) is 5.11 Å². The fourth-order valence-electron chi connectivity index (χ4n) is 1.21. The van der Waals surface area contributed by atoms with Crippen LogP contribution in [0.3, 0.4) is 0 Å². The van der Waals surface area contributed by atoms with Gasteiger partial charge in [-0.1, -0.05) is 42.7 Å². The average Bonchev–Trinajstić information content (AvgIpc) is 2.34. The second-order valence-electron chi connectivity index (χ2n) is 4.28. The van der Waals surface area contributed by atoms with Gasteiger partial charge in [-0.05, 0) is 17.7 Å². The van der Waals surface area contributed by atoms with Crippen LogP contribution >= 0.6 is 11.6 Å². The van der Waals surface area contributed by atoms with Crippen molar-refractivity contribution in [3.8, 4) is 0 Å². The molecule has 2 N–H and O–H groups in total. The van der Waals surface area contributed by atoms with Crippen molar-refractivity contribution < 1.29 is 9.94 Å². The van der Waals surface area contributed by atoms with Gasteiger partial charge in [-0.2, -0.15) is 0 Å². The minimum Gasteiger partial charge on any atom is -0.391 e. The molecule has 4 nitrogen and oxygen atoms in total. The first-order chi connectivity index (χ1) is 8.58. The van der Waals surface area contributed by atoms with Crippen LogP contribution in [-0.2, 0) is 11.4 Å². The van der Waals surface area contributed by atoms with Crippen molar-refractivity contribution in [1.82, 2.24) is 5.32 Å². The predicted octanol–water partition coefficient (Wildman–Crippen LogP) is 2.20. The van der Waals surface area contributed by atoms with Crippen LogP contribution in [0.15, 0.2) is 29.4 Å². The zero-order valence-electron chi connectivity index (χ0n) is 10.6. The summed E-state index contributed by atoms with van der Waals surface area (Å²) in [5.74, 6) is 0. The van der Waals surface area contributed by atoms with E-state index in [1.165, 1.54) is 6.21 Å². The molecule has 1 aromatic rings. The van der Waals surface area contributed by atoms with Gasteiger partial charge >= 0.3 is 0 Å². The molecule has 0 aliphatic heterocycles. The Bertz CT molecular complexity index is 366. The summed E-state index contributed by atoms with van der Waals surface area (Å²) in [6.07, 6.45) is 0.739. The first-order valence-electron chi connectivity index (χ1n) is 5.89. The summed E-state index contributed by atoms with van der Waals surface area (Å²) < 4.78 is 0. The third kappa shape index (κ3) is 6.59. The normalized spacial score (nSPS) is 13.2. The van der Waals surface area contributed by atoms with Gasteiger partial charge in [-0.3, -0.25) is 0 Å². The van der Waals surface area contributed by atoms with Crippen molar-refractivity contribution in [1.29, 1.82) is 0 Å². The molecule has 5 heteroatoms. The van der Waals surface area contributed by atoms with E-state index in [0.717, 1.165) is 5.56 Å². The number of nitrogens with one attached hydrogen (secondary N) is 1. The molecule has 1 rings (SSSR count). The summed E-state index contributed by atoms with van der Waals surface area (Å²) >= 11 is 5.76. The lowest BCUT2D eigenvalue weighted by atomic mass is 10.2. The van der Waals surface area contributed by atoms with Crippen molar-refractivity contribution in [2.24, 2.45) is 5.16 Å². The van der Waals surface area contributed by atoms with Crippen LogP contribution in [-0.4, -0.2) is 30.0 Å². The van der Waals surface area contributed by atoms with Crippen molar-refractivity contribution >= 4 is 17.8 Å². The van der Waals surface area contributed by atoms with Gasteiger partial charge < -0.3 is 15.3 Å². The molecule has 0 fully saturated rings. The van der Waals surface area contributed by atoms with E-state index in [1.54, 1.807) is 12.1 Å². The fourth-order valence-corrected chi connectivity index (χ4v) is 1.34. The molecule has 18 heavy (non-hydrogen) atoms. The Kier molecular flexibility index (Phi) is 6.72. The molecule has 0 spiro atoms. The molecule has 0 aliphatic carbocycles. The molecule has 0 unspecified atom stereocenters. The Labute approximate surface area is 113 Å². The molecular formula is C13H19ClN2O2. The van der Waals surface area contributed by atoms with E-state index in [2.05, 4.69) is 10.5 Å². The Morgan fingerprint density at radius 1 is 1.39 bits per heavy atom. The van der Waals surface area contributed by atoms with Gasteiger partial charge in [0.15, 0.2) is 0 Å². The predicted molar refractivity (Wildman–Crippen MR) is 73.9 cm³/mol. The van der Waals surface area contributed by atoms with E-state index in [4.69, 9.17) is 16.4 Å². The highest BCUT2D eigenvalue weighted by Gasteiger charge is 2.00. The lowest BCUT2D eigenvalue weighted by Crippen LogP contribution is -2.32. The molecule has 0 radical (unpaired) electrons. The van der Waals surface area contributed by atoms with Crippen LogP contribution in [0.25, 0.3) is 0 Å². The van der Waals surface area contributed by atoms with E-state index < -0.39 is 6.10 Å². The lowest BCUT2D eigenvalue weighted by Gasteiger charge is -2.09. The SMILES string of the molecule is CC(C)NC[C@@H](O)/C=N\OCc1ccc(Cl)cc1. The van der Waals surface area contributed by atoms with Crippen LogP contribution in [0, 0.1) is 0 Å². The maximum Gasteiger partial charge on any atom is 0.142 e. The summed E-state index contributed by atoms with van der Waals surface area (Å²) in [7, 11) is 0. The fraction of sp³-hybridized carbons (Fsp3) is 0.462. The first kappa shape index (κ1) is 15.0. The molecule has 0 amide bonds. The van der Waals surface area contributed by atoms with Crippen molar-refractivity contribution in [3.63, 3.8) is 0 Å². The van der Waals surface area contributed by atoms with Crippen LogP contribution in [0.2, 0.25) is 5.02 Å². The third-order valence-electron chi connectivity index (χ3n) is 2.19. The summed E-state index contributed by atoms with van der Waals surface area (Å²) in [6.45, 7) is 4.85. The summed E-state index contributed by atoms with van der Waals surface area (Å²) in [4.78, 5) is 5.08. The topological polar surface area (TPSA) is 53.8 Å². The zero-order chi connectivity index (χ0) is 13.4. The highest BCUT2D eigenvalue weighted by molar-refractivity contribution is 6.30. The van der Waals surface area contributed by atoms with E-state index in [-0.39, 0.29) is 0 Å². The number of nitrogens with zero attached hydrogens (tertiary/aromatic N) is 1. The molecule has 0 saturated carbocycles. The van der Waals surface area contributed by atoms with Gasteiger partial charge in [0.25, 0.3) is 0 Å². The van der Waals surface area contributed by atoms with Crippen LogP contribution in [0.4, 0.5) is 0 Å². The van der Waals surface area contributed by atoms with Crippen molar-refractivity contribution in [3.05, 3.63) is 34.9 Å². The molecule has 1 aromatic carbocycles. The molecule has 100 valence electrons. The molecule has 0 heterocycles. The highest BCUT2D eigenvalue weighted by Crippen LogP contribution is 2.10. The van der Waals surface area contributed by atoms with Gasteiger partial charge in [0.1, 0.15) is 12.7 Å². The molecule has 0 bridgehead atoms. The van der Waals surface area contributed by atoms with Crippen molar-refractivity contribution in [2.45, 2.75) is 32.6 Å². The standard InChI is InChI=1S/C13H19ClN2O2/c1-10(2)15-7-13(17)8-16-18-9-11-3-5-12(14)6-4-11/h3-6,8,10,13,15,17H,7,9H2,1-2H3/b16-8-/t13-/m1/s1. The molecule has 1 atom stereocenters. The van der Waals surface area contributed by atoms with Crippen LogP contribution in [0.1, 0.15) is 19.4 Å². The molecule has 0 saturated heterocycles. The molecular weight excluding hydrogens is 252 g/mol. The number of hydrogen-bond acceptors (Lipinski definition) is 4. The number of benzene rings is 1. The number of rotatable bonds is 7. The quantitative estimate of drug-likeness (QED) is 0.590. The van der Waals surface area contributed by atoms with Gasteiger partial charge in [0.05, 0.1) is 6.21 Å². The molecule has 0 aromatic heterocycles. The summed E-state index contributed by atoms with van der Waals surface area (Å²) in [5.41, 5.74) is 0.978. The number of aliphatic hydroxyl groups is 1. The smallest absolute Gasteiger partial charge is 0.142 e. The lowest BCUT2D eigenvalue weighted by molar-refractivity contribution is 0.127. The number of hydrogen-bond donors (Lipinski definition) is 2. The van der Waals surface area contributed by atoms with Gasteiger partial charge in [0.2, 0.25) is 0 Å². The second-order valence-corrected chi connectivity index (χ2v) is 4.72. The minimum atomic E-state index is -0.641. The zero-order valence-corrected chi connectivity index (χ0v) is 11.4. The van der Waals surface area contributed by atoms with Crippen LogP contribution < -0.4 is 5.32 Å². The largest absolute Gasteiger partial charge is 0.391 e. The van der Waals surface area contributed by atoms with Gasteiger partial charge in [-0.25, -0.2) is 0 Å². The molecule has 0 aliphatic rings. The van der Waals surface area contributed by atoms with E-state index >= 15 is 0 Å². The second kappa shape index (κ2) is 8.08. The first-order valence-corrected chi connectivity index (χ1v) is 6.27. The average molecular weight is 271 g/mol. The Balaban J connectivity index is 2.22. The van der Waals surface area contributed by atoms with Crippen molar-refractivity contribution in [2.75, 3.05) is 6.54 Å². The van der Waals surface area contributed by atoms with E-state index in [1.807, 2.05) is 26.0 Å². The number of aliphatic hydroxyl groups excluding tert-OH is 1. The van der Waals surface area contributed by atoms with Gasteiger partial charge in [-0.15, -0.1) is 0 Å². The van der Waals surface area contributed by atoms with E-state index in [0.29, 0.717) is 24.2 Å². The number of oxime groups is 1. The maximum atomic E-state index is 9.52. The third-order valence-corrected chi connectivity index (χ3v) is 2.44. The summed E-state index contributed by atoms with van der Waals surface area (Å²) in [6, 6.07) is 7.67. The van der Waals surface area contributed by atoms with Gasteiger partial charge in [0, 0.05) is 17.6 Å². The Morgan fingerprint density at radius 2 is 2.06 bits per heavy atom. The van der Waals surface area contributed by atoms with Crippen LogP contribution in [0.5, 0.6) is 0 Å². The Morgan fingerprint density at radius 3 is 2.67 bits per heavy atom. The monoisotopic (exact) mass is 270 g/mol. The highest BCUT2D eigenvalue weighted by atomic mass is 35.5. The maximum absolute atomic E-state index is 9.52. The Hall–Kier alpha value is -1.10. The number of halogens is 1. The minimum absolute atomic E-state index is 0.336.